The van der Waals surface area contributed by atoms with Gasteiger partial charge in [-0.25, -0.2) is 4.79 Å². The van der Waals surface area contributed by atoms with E-state index in [1.54, 1.807) is 13.2 Å². The molecule has 18 heavy (non-hydrogen) atoms. The van der Waals surface area contributed by atoms with E-state index in [0.717, 1.165) is 0 Å². The van der Waals surface area contributed by atoms with Gasteiger partial charge in [-0.05, 0) is 6.42 Å². The smallest absolute Gasteiger partial charge is 0.326 e. The van der Waals surface area contributed by atoms with Crippen LogP contribution in [0.4, 0.5) is 0 Å². The van der Waals surface area contributed by atoms with Crippen LogP contribution in [-0.4, -0.2) is 44.5 Å². The van der Waals surface area contributed by atoms with E-state index in [4.69, 9.17) is 10.2 Å². The Morgan fingerprint density at radius 2 is 2.22 bits per heavy atom. The van der Waals surface area contributed by atoms with E-state index in [9.17, 15) is 9.59 Å². The average molecular weight is 255 g/mol. The van der Waals surface area contributed by atoms with E-state index in [1.165, 1.54) is 4.68 Å². The number of amides is 1. The number of aryl methyl sites for hydroxylation is 2. The zero-order valence-corrected chi connectivity index (χ0v) is 10.4. The topological polar surface area (TPSA) is 104 Å². The van der Waals surface area contributed by atoms with Gasteiger partial charge in [0.05, 0.1) is 11.3 Å². The first-order valence-electron chi connectivity index (χ1n) is 5.66. The van der Waals surface area contributed by atoms with E-state index >= 15 is 0 Å². The SMILES string of the molecule is CCc1nn(C)cc1C(=O)N[C@H](CCO)C(=O)O. The predicted octanol–water partition coefficient (Wildman–Crippen LogP) is -0.452. The lowest BCUT2D eigenvalue weighted by atomic mass is 10.1. The van der Waals surface area contributed by atoms with Crippen molar-refractivity contribution in [1.82, 2.24) is 15.1 Å². The van der Waals surface area contributed by atoms with Crippen LogP contribution in [0.5, 0.6) is 0 Å². The number of rotatable bonds is 6. The molecule has 0 saturated carbocycles. The predicted molar refractivity (Wildman–Crippen MR) is 63.2 cm³/mol. The van der Waals surface area contributed by atoms with Gasteiger partial charge in [-0.2, -0.15) is 5.10 Å². The number of hydrogen-bond acceptors (Lipinski definition) is 4. The highest BCUT2D eigenvalue weighted by atomic mass is 16.4. The maximum Gasteiger partial charge on any atom is 0.326 e. The Hall–Kier alpha value is -1.89. The first kappa shape index (κ1) is 14.2. The van der Waals surface area contributed by atoms with Gasteiger partial charge >= 0.3 is 5.97 Å². The first-order chi connectivity index (χ1) is 8.49. The van der Waals surface area contributed by atoms with E-state index in [1.807, 2.05) is 6.92 Å². The van der Waals surface area contributed by atoms with Gasteiger partial charge in [0, 0.05) is 26.3 Å². The standard InChI is InChI=1S/C11H17N3O4/c1-3-8-7(6-14(2)13-8)10(16)12-9(4-5-15)11(17)18/h6,9,15H,3-5H2,1-2H3,(H,12,16)(H,17,18)/t9-/m1/s1. The highest BCUT2D eigenvalue weighted by Crippen LogP contribution is 2.07. The lowest BCUT2D eigenvalue weighted by Gasteiger charge is -2.12. The summed E-state index contributed by atoms with van der Waals surface area (Å²) in [5.74, 6) is -1.65. The molecular formula is C11H17N3O4. The summed E-state index contributed by atoms with van der Waals surface area (Å²) in [6, 6.07) is -1.09. The van der Waals surface area contributed by atoms with Gasteiger partial charge in [-0.1, -0.05) is 6.92 Å². The summed E-state index contributed by atoms with van der Waals surface area (Å²) in [4.78, 5) is 22.8. The summed E-state index contributed by atoms with van der Waals surface area (Å²) >= 11 is 0. The molecule has 0 aliphatic carbocycles. The summed E-state index contributed by atoms with van der Waals surface area (Å²) < 4.78 is 1.51. The van der Waals surface area contributed by atoms with Crippen molar-refractivity contribution >= 4 is 11.9 Å². The summed E-state index contributed by atoms with van der Waals surface area (Å²) in [5, 5.41) is 24.1. The molecule has 7 nitrogen and oxygen atoms in total. The molecule has 0 aliphatic heterocycles. The molecule has 0 aliphatic rings. The van der Waals surface area contributed by atoms with Gasteiger partial charge in [-0.15, -0.1) is 0 Å². The summed E-state index contributed by atoms with van der Waals surface area (Å²) in [6.45, 7) is 1.56. The molecule has 7 heteroatoms. The maximum atomic E-state index is 11.9. The Balaban J connectivity index is 2.83. The Morgan fingerprint density at radius 1 is 1.56 bits per heavy atom. The number of carboxylic acid groups (broad SMARTS) is 1. The van der Waals surface area contributed by atoms with Crippen LogP contribution in [0.1, 0.15) is 29.4 Å². The van der Waals surface area contributed by atoms with E-state index in [-0.39, 0.29) is 13.0 Å². The number of carbonyl (C=O) groups excluding carboxylic acids is 1. The minimum Gasteiger partial charge on any atom is -0.480 e. The molecule has 1 rings (SSSR count). The van der Waals surface area contributed by atoms with Crippen LogP contribution in [0.15, 0.2) is 6.20 Å². The van der Waals surface area contributed by atoms with Crippen LogP contribution >= 0.6 is 0 Å². The number of aliphatic carboxylic acids is 1. The molecule has 0 spiro atoms. The molecule has 0 unspecified atom stereocenters. The van der Waals surface area contributed by atoms with E-state index in [2.05, 4.69) is 10.4 Å². The number of aromatic nitrogens is 2. The highest BCUT2D eigenvalue weighted by Gasteiger charge is 2.22. The maximum absolute atomic E-state index is 11.9. The van der Waals surface area contributed by atoms with Gasteiger partial charge in [0.1, 0.15) is 6.04 Å². The molecule has 100 valence electrons. The van der Waals surface area contributed by atoms with Crippen molar-refractivity contribution in [2.45, 2.75) is 25.8 Å². The minimum atomic E-state index is -1.17. The number of hydrogen-bond donors (Lipinski definition) is 3. The van der Waals surface area contributed by atoms with Crippen LogP contribution in [0.2, 0.25) is 0 Å². The van der Waals surface area contributed by atoms with Gasteiger partial charge in [0.2, 0.25) is 0 Å². The molecule has 0 radical (unpaired) electrons. The molecule has 1 aromatic rings. The zero-order valence-electron chi connectivity index (χ0n) is 10.4. The lowest BCUT2D eigenvalue weighted by molar-refractivity contribution is -0.139. The monoisotopic (exact) mass is 255 g/mol. The number of aliphatic hydroxyl groups excluding tert-OH is 1. The Bertz CT molecular complexity index is 441. The molecule has 1 aromatic heterocycles. The second-order valence-electron chi connectivity index (χ2n) is 3.89. The number of carboxylic acids is 1. The average Bonchev–Trinajstić information content (AvgIpc) is 2.69. The third kappa shape index (κ3) is 3.30. The fourth-order valence-corrected chi connectivity index (χ4v) is 1.61. The first-order valence-corrected chi connectivity index (χ1v) is 5.66. The largest absolute Gasteiger partial charge is 0.480 e. The number of carbonyl (C=O) groups is 2. The molecule has 1 atom stereocenters. The summed E-state index contributed by atoms with van der Waals surface area (Å²) in [6.07, 6.45) is 2.11. The quantitative estimate of drug-likeness (QED) is 0.638. The Kier molecular flexibility index (Phi) is 4.85. The fraction of sp³-hybridized carbons (Fsp3) is 0.545. The van der Waals surface area contributed by atoms with Gasteiger partial charge in [0.15, 0.2) is 0 Å². The normalized spacial score (nSPS) is 12.2. The van der Waals surface area contributed by atoms with Gasteiger partial charge < -0.3 is 15.5 Å². The number of nitrogens with one attached hydrogen (secondary N) is 1. The molecule has 0 bridgehead atoms. The molecular weight excluding hydrogens is 238 g/mol. The molecule has 1 amide bonds. The molecule has 1 heterocycles. The van der Waals surface area contributed by atoms with Crippen LogP contribution in [0, 0.1) is 0 Å². The van der Waals surface area contributed by atoms with E-state index < -0.39 is 17.9 Å². The van der Waals surface area contributed by atoms with Crippen molar-refractivity contribution in [2.24, 2.45) is 7.05 Å². The van der Waals surface area contributed by atoms with Crippen molar-refractivity contribution in [2.75, 3.05) is 6.61 Å². The van der Waals surface area contributed by atoms with E-state index in [0.29, 0.717) is 17.7 Å². The van der Waals surface area contributed by atoms with Gasteiger partial charge in [-0.3, -0.25) is 9.48 Å². The van der Waals surface area contributed by atoms with Crippen LogP contribution in [0.3, 0.4) is 0 Å². The molecule has 0 aromatic carbocycles. The van der Waals surface area contributed by atoms with Gasteiger partial charge in [0.25, 0.3) is 5.91 Å². The fourth-order valence-electron chi connectivity index (χ4n) is 1.61. The van der Waals surface area contributed by atoms with Crippen LogP contribution in [-0.2, 0) is 18.3 Å². The minimum absolute atomic E-state index is 0.0250. The van der Waals surface area contributed by atoms with Crippen molar-refractivity contribution in [3.8, 4) is 0 Å². The summed E-state index contributed by atoms with van der Waals surface area (Å²) in [5.41, 5.74) is 0.979. The van der Waals surface area contributed by atoms with Crippen molar-refractivity contribution in [3.05, 3.63) is 17.5 Å². The second-order valence-corrected chi connectivity index (χ2v) is 3.89. The van der Waals surface area contributed by atoms with Crippen molar-refractivity contribution in [3.63, 3.8) is 0 Å². The van der Waals surface area contributed by atoms with Crippen LogP contribution in [0.25, 0.3) is 0 Å². The Morgan fingerprint density at radius 3 is 2.72 bits per heavy atom. The van der Waals surface area contributed by atoms with Crippen molar-refractivity contribution in [1.29, 1.82) is 0 Å². The number of aliphatic hydroxyl groups is 1. The lowest BCUT2D eigenvalue weighted by Crippen LogP contribution is -2.41. The third-order valence-corrected chi connectivity index (χ3v) is 2.51. The second kappa shape index (κ2) is 6.15. The Labute approximate surface area is 104 Å². The molecule has 0 saturated heterocycles. The summed E-state index contributed by atoms with van der Waals surface area (Å²) in [7, 11) is 1.69. The van der Waals surface area contributed by atoms with Crippen LogP contribution < -0.4 is 5.32 Å². The molecule has 0 fully saturated rings. The third-order valence-electron chi connectivity index (χ3n) is 2.51. The highest BCUT2D eigenvalue weighted by molar-refractivity contribution is 5.97. The number of nitrogens with zero attached hydrogens (tertiary/aromatic N) is 2. The zero-order chi connectivity index (χ0) is 13.7. The molecule has 3 N–H and O–H groups in total. The van der Waals surface area contributed by atoms with Crippen molar-refractivity contribution < 1.29 is 19.8 Å².